The summed E-state index contributed by atoms with van der Waals surface area (Å²) in [5, 5.41) is 7.83. The summed E-state index contributed by atoms with van der Waals surface area (Å²) >= 11 is 1.86. The average Bonchev–Trinajstić information content (AvgIpc) is 3.60. The van der Waals surface area contributed by atoms with Gasteiger partial charge in [0.15, 0.2) is 8.07 Å². The molecule has 0 N–H and O–H groups in total. The molecule has 52 heavy (non-hydrogen) atoms. The molecule has 0 unspecified atom stereocenters. The van der Waals surface area contributed by atoms with Gasteiger partial charge in [-0.2, -0.15) is 0 Å². The summed E-state index contributed by atoms with van der Waals surface area (Å²) in [7, 11) is -2.91. The van der Waals surface area contributed by atoms with Crippen molar-refractivity contribution in [2.45, 2.75) is 0 Å². The minimum absolute atomic E-state index is 0.755. The van der Waals surface area contributed by atoms with Crippen LogP contribution in [0.4, 0.5) is 17.2 Å². The molecular formula is C46H31N3OSSi. The van der Waals surface area contributed by atoms with Crippen molar-refractivity contribution in [3.05, 3.63) is 188 Å². The number of benzene rings is 6. The normalized spacial score (nSPS) is 13.1. The lowest BCUT2D eigenvalue weighted by Gasteiger charge is -2.45. The number of rotatable bonds is 6. The summed E-state index contributed by atoms with van der Waals surface area (Å²) in [6, 6.07) is 62.7. The molecule has 1 aliphatic rings. The van der Waals surface area contributed by atoms with Gasteiger partial charge in [0.2, 0.25) is 0 Å². The van der Waals surface area contributed by atoms with Gasteiger partial charge in [-0.25, -0.2) is 4.98 Å². The molecule has 0 bridgehead atoms. The van der Waals surface area contributed by atoms with Gasteiger partial charge in [0.05, 0.1) is 21.8 Å². The van der Waals surface area contributed by atoms with Crippen LogP contribution in [0.25, 0.3) is 31.4 Å². The van der Waals surface area contributed by atoms with Gasteiger partial charge in [-0.05, 0) is 69.3 Å². The highest BCUT2D eigenvalue weighted by Gasteiger charge is 2.50. The molecule has 0 saturated carbocycles. The van der Waals surface area contributed by atoms with Crippen LogP contribution in [0, 0.1) is 0 Å². The Labute approximate surface area is 306 Å². The Kier molecular flexibility index (Phi) is 7.30. The van der Waals surface area contributed by atoms with Crippen LogP contribution in [0.3, 0.4) is 0 Å². The third-order valence-electron chi connectivity index (χ3n) is 10.1. The van der Waals surface area contributed by atoms with Crippen molar-refractivity contribution in [1.29, 1.82) is 0 Å². The van der Waals surface area contributed by atoms with E-state index in [1.807, 2.05) is 60.1 Å². The van der Waals surface area contributed by atoms with Crippen molar-refractivity contribution in [1.82, 2.24) is 9.97 Å². The highest BCUT2D eigenvalue weighted by molar-refractivity contribution is 7.27. The number of thiophene rings is 1. The second-order valence-electron chi connectivity index (χ2n) is 13.0. The van der Waals surface area contributed by atoms with Crippen molar-refractivity contribution < 1.29 is 4.74 Å². The Morgan fingerprint density at radius 1 is 0.519 bits per heavy atom. The highest BCUT2D eigenvalue weighted by Crippen LogP contribution is 2.47. The molecule has 4 heterocycles. The van der Waals surface area contributed by atoms with Crippen LogP contribution in [-0.2, 0) is 0 Å². The Morgan fingerprint density at radius 2 is 1.21 bits per heavy atom. The van der Waals surface area contributed by atoms with Crippen LogP contribution in [0.2, 0.25) is 0 Å². The zero-order valence-corrected chi connectivity index (χ0v) is 29.9. The first-order valence-electron chi connectivity index (χ1n) is 17.4. The summed E-state index contributed by atoms with van der Waals surface area (Å²) in [6.07, 6.45) is 3.70. The van der Waals surface area contributed by atoms with Crippen molar-refractivity contribution in [3.8, 4) is 22.8 Å². The zero-order chi connectivity index (χ0) is 34.5. The van der Waals surface area contributed by atoms with Crippen molar-refractivity contribution in [2.75, 3.05) is 4.90 Å². The van der Waals surface area contributed by atoms with Gasteiger partial charge in [-0.1, -0.05) is 121 Å². The Morgan fingerprint density at radius 3 is 1.96 bits per heavy atom. The van der Waals surface area contributed by atoms with Crippen LogP contribution in [-0.4, -0.2) is 18.0 Å². The zero-order valence-electron chi connectivity index (χ0n) is 28.1. The van der Waals surface area contributed by atoms with Gasteiger partial charge < -0.3 is 4.74 Å². The molecule has 0 saturated heterocycles. The Bertz CT molecular complexity index is 2680. The van der Waals surface area contributed by atoms with Crippen LogP contribution < -0.4 is 30.4 Å². The highest BCUT2D eigenvalue weighted by atomic mass is 32.1. The van der Waals surface area contributed by atoms with E-state index in [1.54, 1.807) is 0 Å². The lowest BCUT2D eigenvalue weighted by atomic mass is 10.1. The van der Waals surface area contributed by atoms with Crippen molar-refractivity contribution in [3.63, 3.8) is 0 Å². The molecule has 3 aromatic heterocycles. The fraction of sp³-hybridized carbons (Fsp3) is 0. The summed E-state index contributed by atoms with van der Waals surface area (Å²) in [5.41, 5.74) is 4.18. The standard InChI is InChI=1S/C46H31N3OSSi/c1-3-16-35(17-4-1)52(36-18-5-2-6-19-36)42-26-24-34(50-33-15-13-14-32(30-33)39-21-9-11-28-47-39)31-40(42)49(44-23-10-12-29-48-44)45-43(52)27-25-38-37-20-7-8-22-41(37)51-46(38)45/h1-31H. The fourth-order valence-electron chi connectivity index (χ4n) is 7.92. The maximum absolute atomic E-state index is 6.74. The van der Waals surface area contributed by atoms with Crippen LogP contribution in [0.15, 0.2) is 188 Å². The van der Waals surface area contributed by atoms with Crippen LogP contribution in [0.5, 0.6) is 11.5 Å². The summed E-state index contributed by atoms with van der Waals surface area (Å²) < 4.78 is 9.27. The SMILES string of the molecule is c1ccc([Si]2(c3ccccc3)c3ccc(Oc4cccc(-c5ccccn5)c4)cc3N(c3ccccn3)c3c2ccc2c3sc3ccccc32)cc1. The van der Waals surface area contributed by atoms with E-state index < -0.39 is 8.07 Å². The first-order valence-corrected chi connectivity index (χ1v) is 20.2. The second-order valence-corrected chi connectivity index (χ2v) is 17.8. The molecule has 9 aromatic rings. The van der Waals surface area contributed by atoms with E-state index in [0.29, 0.717) is 0 Å². The number of hydrogen-bond donors (Lipinski definition) is 0. The number of hydrogen-bond acceptors (Lipinski definition) is 5. The molecule has 4 nitrogen and oxygen atoms in total. The summed E-state index contributed by atoms with van der Waals surface area (Å²) in [6.45, 7) is 0. The van der Waals surface area contributed by atoms with Gasteiger partial charge in [0, 0.05) is 39.5 Å². The molecule has 0 radical (unpaired) electrons. The number of nitrogens with zero attached hydrogens (tertiary/aromatic N) is 3. The summed E-state index contributed by atoms with van der Waals surface area (Å²) in [5.74, 6) is 2.38. The molecule has 0 atom stereocenters. The lowest BCUT2D eigenvalue weighted by molar-refractivity contribution is 0.483. The molecule has 0 aliphatic carbocycles. The van der Waals surface area contributed by atoms with Gasteiger partial charge in [-0.3, -0.25) is 9.88 Å². The smallest absolute Gasteiger partial charge is 0.184 e. The maximum Gasteiger partial charge on any atom is 0.184 e. The largest absolute Gasteiger partial charge is 0.457 e. The van der Waals surface area contributed by atoms with E-state index in [-0.39, 0.29) is 0 Å². The predicted molar refractivity (Wildman–Crippen MR) is 219 cm³/mol. The third-order valence-corrected chi connectivity index (χ3v) is 16.1. The monoisotopic (exact) mass is 701 g/mol. The number of aromatic nitrogens is 2. The fourth-order valence-corrected chi connectivity index (χ4v) is 14.3. The van der Waals surface area contributed by atoms with E-state index in [2.05, 4.69) is 149 Å². The molecule has 0 amide bonds. The van der Waals surface area contributed by atoms with Crippen LogP contribution in [0.1, 0.15) is 0 Å². The Hall–Kier alpha value is -6.34. The molecular weight excluding hydrogens is 671 g/mol. The minimum Gasteiger partial charge on any atom is -0.457 e. The molecule has 0 fully saturated rings. The quantitative estimate of drug-likeness (QED) is 0.162. The van der Waals surface area contributed by atoms with Crippen molar-refractivity contribution >= 4 is 77.5 Å². The number of ether oxygens (including phenoxy) is 1. The van der Waals surface area contributed by atoms with E-state index in [0.717, 1.165) is 34.3 Å². The first-order chi connectivity index (χ1) is 25.8. The van der Waals surface area contributed by atoms with Crippen molar-refractivity contribution in [2.24, 2.45) is 0 Å². The first kappa shape index (κ1) is 30.5. The van der Waals surface area contributed by atoms with Gasteiger partial charge in [-0.15, -0.1) is 11.3 Å². The molecule has 0 spiro atoms. The predicted octanol–water partition coefficient (Wildman–Crippen LogP) is 9.46. The molecule has 6 heteroatoms. The van der Waals surface area contributed by atoms with Gasteiger partial charge >= 0.3 is 0 Å². The minimum atomic E-state index is -2.91. The number of fused-ring (bicyclic) bond motifs is 6. The van der Waals surface area contributed by atoms with E-state index >= 15 is 0 Å². The average molecular weight is 702 g/mol. The maximum atomic E-state index is 6.74. The van der Waals surface area contributed by atoms with E-state index in [1.165, 1.54) is 46.6 Å². The topological polar surface area (TPSA) is 38.2 Å². The lowest BCUT2D eigenvalue weighted by Crippen LogP contribution is -2.77. The molecule has 6 aromatic carbocycles. The van der Waals surface area contributed by atoms with Gasteiger partial charge in [0.1, 0.15) is 17.3 Å². The third kappa shape index (κ3) is 4.80. The molecule has 1 aliphatic heterocycles. The second kappa shape index (κ2) is 12.5. The Balaban J connectivity index is 1.28. The van der Waals surface area contributed by atoms with E-state index in [4.69, 9.17) is 9.72 Å². The molecule has 246 valence electrons. The van der Waals surface area contributed by atoms with E-state index in [9.17, 15) is 0 Å². The number of anilines is 3. The summed E-state index contributed by atoms with van der Waals surface area (Å²) in [4.78, 5) is 12.0. The van der Waals surface area contributed by atoms with Gasteiger partial charge in [0.25, 0.3) is 0 Å². The van der Waals surface area contributed by atoms with Crippen LogP contribution >= 0.6 is 11.3 Å². The molecule has 10 rings (SSSR count). The number of pyridine rings is 2.